The molecule has 2 aromatic rings. The molecule has 0 aliphatic carbocycles. The fraction of sp³-hybridized carbons (Fsp3) is 0.286. The van der Waals surface area contributed by atoms with E-state index in [1.807, 2.05) is 6.07 Å². The van der Waals surface area contributed by atoms with Crippen LogP contribution in [0.3, 0.4) is 0 Å². The number of rotatable bonds is 3. The zero-order valence-corrected chi connectivity index (χ0v) is 10.1. The molecule has 0 bridgehead atoms. The predicted molar refractivity (Wildman–Crippen MR) is 66.8 cm³/mol. The highest BCUT2D eigenvalue weighted by Crippen LogP contribution is 2.19. The number of hydrogen-bond donors (Lipinski definition) is 0. The number of esters is 1. The Hall–Kier alpha value is -1.90. The van der Waals surface area contributed by atoms with E-state index in [0.29, 0.717) is 0 Å². The van der Waals surface area contributed by atoms with Crippen molar-refractivity contribution in [2.24, 2.45) is 0 Å². The predicted octanol–water partition coefficient (Wildman–Crippen LogP) is 2.51. The fourth-order valence-electron chi connectivity index (χ4n) is 1.85. The van der Waals surface area contributed by atoms with Crippen LogP contribution in [-0.2, 0) is 22.4 Å². The smallest absolute Gasteiger partial charge is 0.311 e. The molecule has 2 rings (SSSR count). The normalized spacial score (nSPS) is 10.5. The van der Waals surface area contributed by atoms with E-state index in [4.69, 9.17) is 0 Å². The van der Waals surface area contributed by atoms with Crippen LogP contribution in [0.15, 0.2) is 30.5 Å². The van der Waals surface area contributed by atoms with Crippen LogP contribution in [0.25, 0.3) is 10.8 Å². The Morgan fingerprint density at radius 3 is 2.88 bits per heavy atom. The molecule has 0 atom stereocenters. The Bertz CT molecular complexity index is 549. The van der Waals surface area contributed by atoms with Crippen LogP contribution in [0.4, 0.5) is 0 Å². The quantitative estimate of drug-likeness (QED) is 0.759. The van der Waals surface area contributed by atoms with Crippen LogP contribution >= 0.6 is 0 Å². The Kier molecular flexibility index (Phi) is 3.38. The highest BCUT2D eigenvalue weighted by Gasteiger charge is 2.08. The highest BCUT2D eigenvalue weighted by molar-refractivity contribution is 5.88. The molecule has 0 fully saturated rings. The van der Waals surface area contributed by atoms with Crippen LogP contribution in [0.1, 0.15) is 18.2 Å². The van der Waals surface area contributed by atoms with E-state index < -0.39 is 0 Å². The maximum Gasteiger partial charge on any atom is 0.311 e. The van der Waals surface area contributed by atoms with E-state index in [0.717, 1.165) is 22.9 Å². The third-order valence-electron chi connectivity index (χ3n) is 2.86. The van der Waals surface area contributed by atoms with Crippen molar-refractivity contribution in [1.29, 1.82) is 0 Å². The lowest BCUT2D eigenvalue weighted by Gasteiger charge is -2.06. The van der Waals surface area contributed by atoms with Gasteiger partial charge >= 0.3 is 5.97 Å². The lowest BCUT2D eigenvalue weighted by molar-refractivity contribution is -0.139. The first kappa shape index (κ1) is 11.6. The number of ether oxygens (including phenoxy) is 1. The SMILES string of the molecule is CCc1ccc2ccnc(CC(=O)OC)c2c1. The summed E-state index contributed by atoms with van der Waals surface area (Å²) in [6, 6.07) is 8.22. The highest BCUT2D eigenvalue weighted by atomic mass is 16.5. The molecule has 0 radical (unpaired) electrons. The van der Waals surface area contributed by atoms with E-state index in [1.165, 1.54) is 12.7 Å². The number of fused-ring (bicyclic) bond motifs is 1. The van der Waals surface area contributed by atoms with Crippen molar-refractivity contribution in [3.05, 3.63) is 41.7 Å². The van der Waals surface area contributed by atoms with E-state index >= 15 is 0 Å². The van der Waals surface area contributed by atoms with Crippen LogP contribution in [0.2, 0.25) is 0 Å². The minimum atomic E-state index is -0.257. The van der Waals surface area contributed by atoms with Crippen molar-refractivity contribution in [2.75, 3.05) is 7.11 Å². The van der Waals surface area contributed by atoms with Crippen molar-refractivity contribution >= 4 is 16.7 Å². The first-order chi connectivity index (χ1) is 8.24. The van der Waals surface area contributed by atoms with Crippen molar-refractivity contribution in [3.63, 3.8) is 0 Å². The van der Waals surface area contributed by atoms with E-state index in [9.17, 15) is 4.79 Å². The third-order valence-corrected chi connectivity index (χ3v) is 2.86. The van der Waals surface area contributed by atoms with Gasteiger partial charge in [-0.2, -0.15) is 0 Å². The Balaban J connectivity index is 2.50. The van der Waals surface area contributed by atoms with Gasteiger partial charge in [-0.15, -0.1) is 0 Å². The van der Waals surface area contributed by atoms with Crippen molar-refractivity contribution < 1.29 is 9.53 Å². The zero-order chi connectivity index (χ0) is 12.3. The lowest BCUT2D eigenvalue weighted by Crippen LogP contribution is -2.06. The summed E-state index contributed by atoms with van der Waals surface area (Å²) in [5.74, 6) is -0.257. The average molecular weight is 229 g/mol. The number of pyridine rings is 1. The van der Waals surface area contributed by atoms with Gasteiger partial charge < -0.3 is 4.74 Å². The molecule has 88 valence electrons. The molecule has 0 saturated heterocycles. The van der Waals surface area contributed by atoms with Gasteiger partial charge in [0.2, 0.25) is 0 Å². The lowest BCUT2D eigenvalue weighted by atomic mass is 10.0. The molecule has 0 saturated carbocycles. The summed E-state index contributed by atoms with van der Waals surface area (Å²) in [6.45, 7) is 2.11. The molecule has 17 heavy (non-hydrogen) atoms. The molecule has 0 aliphatic rings. The molecule has 0 unspecified atom stereocenters. The van der Waals surface area contributed by atoms with Gasteiger partial charge in [0, 0.05) is 11.6 Å². The van der Waals surface area contributed by atoms with E-state index in [1.54, 1.807) is 6.20 Å². The topological polar surface area (TPSA) is 39.2 Å². The standard InChI is InChI=1S/C14H15NO2/c1-3-10-4-5-11-6-7-15-13(12(11)8-10)9-14(16)17-2/h4-8H,3,9H2,1-2H3. The fourth-order valence-corrected chi connectivity index (χ4v) is 1.85. The van der Waals surface area contributed by atoms with Gasteiger partial charge in [0.1, 0.15) is 0 Å². The van der Waals surface area contributed by atoms with Crippen molar-refractivity contribution in [3.8, 4) is 0 Å². The van der Waals surface area contributed by atoms with Gasteiger partial charge in [0.25, 0.3) is 0 Å². The van der Waals surface area contributed by atoms with Crippen LogP contribution in [0, 0.1) is 0 Å². The van der Waals surface area contributed by atoms with Gasteiger partial charge in [0.05, 0.1) is 19.2 Å². The van der Waals surface area contributed by atoms with Gasteiger partial charge in [0.15, 0.2) is 0 Å². The summed E-state index contributed by atoms with van der Waals surface area (Å²) in [7, 11) is 1.39. The molecule has 1 heterocycles. The number of nitrogens with zero attached hydrogens (tertiary/aromatic N) is 1. The molecule has 1 aromatic carbocycles. The first-order valence-electron chi connectivity index (χ1n) is 5.68. The molecule has 3 heteroatoms. The van der Waals surface area contributed by atoms with E-state index in [2.05, 4.69) is 34.8 Å². The Labute approximate surface area is 100 Å². The number of carbonyl (C=O) groups is 1. The first-order valence-corrected chi connectivity index (χ1v) is 5.68. The number of carbonyl (C=O) groups excluding carboxylic acids is 1. The average Bonchev–Trinajstić information content (AvgIpc) is 2.38. The molecule has 0 N–H and O–H groups in total. The van der Waals surface area contributed by atoms with Gasteiger partial charge in [-0.3, -0.25) is 9.78 Å². The number of hydrogen-bond acceptors (Lipinski definition) is 3. The van der Waals surface area contributed by atoms with Crippen LogP contribution in [0.5, 0.6) is 0 Å². The van der Waals surface area contributed by atoms with Crippen molar-refractivity contribution in [2.45, 2.75) is 19.8 Å². The number of methoxy groups -OCH3 is 1. The zero-order valence-electron chi connectivity index (χ0n) is 10.1. The third kappa shape index (κ3) is 2.44. The summed E-state index contributed by atoms with van der Waals surface area (Å²) in [6.07, 6.45) is 2.93. The summed E-state index contributed by atoms with van der Waals surface area (Å²) >= 11 is 0. The molecular formula is C14H15NO2. The molecule has 0 aliphatic heterocycles. The van der Waals surface area contributed by atoms with Crippen LogP contribution < -0.4 is 0 Å². The number of aryl methyl sites for hydroxylation is 1. The largest absolute Gasteiger partial charge is 0.469 e. The minimum absolute atomic E-state index is 0.223. The Morgan fingerprint density at radius 1 is 1.35 bits per heavy atom. The summed E-state index contributed by atoms with van der Waals surface area (Å²) in [5, 5.41) is 2.15. The molecule has 3 nitrogen and oxygen atoms in total. The molecular weight excluding hydrogens is 214 g/mol. The second-order valence-corrected chi connectivity index (χ2v) is 3.92. The van der Waals surface area contributed by atoms with Crippen molar-refractivity contribution in [1.82, 2.24) is 4.98 Å². The number of aromatic nitrogens is 1. The minimum Gasteiger partial charge on any atom is -0.469 e. The summed E-state index contributed by atoms with van der Waals surface area (Å²) in [4.78, 5) is 15.6. The maximum absolute atomic E-state index is 11.3. The number of benzene rings is 1. The Morgan fingerprint density at radius 2 is 2.18 bits per heavy atom. The second-order valence-electron chi connectivity index (χ2n) is 3.92. The summed E-state index contributed by atoms with van der Waals surface area (Å²) in [5.41, 5.74) is 2.03. The molecule has 0 amide bonds. The maximum atomic E-state index is 11.3. The van der Waals surface area contributed by atoms with Gasteiger partial charge in [-0.05, 0) is 29.5 Å². The molecule has 1 aromatic heterocycles. The monoisotopic (exact) mass is 229 g/mol. The van der Waals surface area contributed by atoms with Gasteiger partial charge in [-0.1, -0.05) is 19.1 Å². The van der Waals surface area contributed by atoms with E-state index in [-0.39, 0.29) is 12.4 Å². The van der Waals surface area contributed by atoms with Gasteiger partial charge in [-0.25, -0.2) is 0 Å². The second kappa shape index (κ2) is 4.95. The van der Waals surface area contributed by atoms with Crippen LogP contribution in [-0.4, -0.2) is 18.1 Å². The molecule has 0 spiro atoms. The summed E-state index contributed by atoms with van der Waals surface area (Å²) < 4.78 is 4.68.